The predicted octanol–water partition coefficient (Wildman–Crippen LogP) is 2.23. The lowest BCUT2D eigenvalue weighted by atomic mass is 10.2. The number of rotatable bonds is 1. The van der Waals surface area contributed by atoms with Crippen molar-refractivity contribution >= 4 is 0 Å². The van der Waals surface area contributed by atoms with E-state index in [4.69, 9.17) is 5.26 Å². The van der Waals surface area contributed by atoms with E-state index in [1.54, 1.807) is 26.0 Å². The molecule has 3 heteroatoms. The quantitative estimate of drug-likeness (QED) is 0.325. The second kappa shape index (κ2) is 5.08. The average Bonchev–Trinajstić information content (AvgIpc) is 2.01. The first kappa shape index (κ1) is 9.26. The summed E-state index contributed by atoms with van der Waals surface area (Å²) < 4.78 is 0. The Hall–Kier alpha value is -1.74. The number of allylic oxidation sites excluding steroid dienone is 4. The third kappa shape index (κ3) is 4.74. The molecule has 0 saturated carbocycles. The summed E-state index contributed by atoms with van der Waals surface area (Å²) in [6.45, 7) is 3.36. The van der Waals surface area contributed by atoms with E-state index in [0.717, 1.165) is 0 Å². The van der Waals surface area contributed by atoms with Gasteiger partial charge >= 0.3 is 6.07 Å². The minimum absolute atomic E-state index is 0.581. The molecule has 0 heterocycles. The molecule has 0 radical (unpaired) electrons. The van der Waals surface area contributed by atoms with E-state index in [9.17, 15) is 5.21 Å². The highest BCUT2D eigenvalue weighted by molar-refractivity contribution is 5.31. The smallest absolute Gasteiger partial charge is 0.331 e. The fourth-order valence-corrected chi connectivity index (χ4v) is 0.397. The largest absolute Gasteiger partial charge is 0.498 e. The monoisotopic (exact) mass is 148 g/mol. The van der Waals surface area contributed by atoms with Gasteiger partial charge in [0.15, 0.2) is 0 Å². The molecule has 0 saturated heterocycles. The molecule has 0 atom stereocenters. The van der Waals surface area contributed by atoms with Crippen molar-refractivity contribution in [2.75, 3.05) is 0 Å². The topological polar surface area (TPSA) is 51.2 Å². The van der Waals surface area contributed by atoms with Crippen molar-refractivity contribution in [3.8, 4) is 12.1 Å². The zero-order valence-electron chi connectivity index (χ0n) is 6.46. The van der Waals surface area contributed by atoms with Crippen molar-refractivity contribution in [3.63, 3.8) is 0 Å². The lowest BCUT2D eigenvalue weighted by Gasteiger charge is -1.78. The van der Waals surface area contributed by atoms with Crippen LogP contribution >= 0.6 is 0 Å². The molecule has 0 rings (SSSR count). The van der Waals surface area contributed by atoms with Gasteiger partial charge in [-0.15, -0.1) is 0 Å². The lowest BCUT2D eigenvalue weighted by Crippen LogP contribution is -1.68. The molecule has 0 aromatic heterocycles. The van der Waals surface area contributed by atoms with Gasteiger partial charge in [-0.05, 0) is 26.0 Å². The third-order valence-corrected chi connectivity index (χ3v) is 0.982. The molecule has 0 spiro atoms. The van der Waals surface area contributed by atoms with Crippen LogP contribution in [0.3, 0.4) is 0 Å². The van der Waals surface area contributed by atoms with Crippen molar-refractivity contribution in [3.05, 3.63) is 33.5 Å². The van der Waals surface area contributed by atoms with Crippen molar-refractivity contribution in [1.82, 2.24) is 0 Å². The van der Waals surface area contributed by atoms with Crippen LogP contribution in [-0.2, 0) is 0 Å². The maximum Gasteiger partial charge on any atom is 0.331 e. The molecular weight excluding hydrogens is 140 g/mol. The molecule has 0 amide bonds. The van der Waals surface area contributed by atoms with Gasteiger partial charge in [0, 0.05) is 10.6 Å². The van der Waals surface area contributed by atoms with Crippen LogP contribution in [0.15, 0.2) is 23.3 Å². The first-order valence-electron chi connectivity index (χ1n) is 3.04. The SMILES string of the molecule is C/C(C#N)=C/C=C(/C)C#[N+][O-]. The molecule has 3 nitrogen and oxygen atoms in total. The second-order valence-corrected chi connectivity index (χ2v) is 2.01. The molecule has 0 fully saturated rings. The standard InChI is InChI=1S/C8H8N2O/c1-7(5-9)3-4-8(2)6-10-11/h3-4H,1-2H3/b7-3-,8-4-. The second-order valence-electron chi connectivity index (χ2n) is 2.01. The van der Waals surface area contributed by atoms with Gasteiger partial charge in [0.2, 0.25) is 0 Å². The van der Waals surface area contributed by atoms with Crippen molar-refractivity contribution in [2.45, 2.75) is 13.8 Å². The van der Waals surface area contributed by atoms with Gasteiger partial charge in [0.1, 0.15) is 0 Å². The minimum Gasteiger partial charge on any atom is -0.498 e. The van der Waals surface area contributed by atoms with E-state index >= 15 is 0 Å². The molecule has 0 N–H and O–H groups in total. The van der Waals surface area contributed by atoms with Crippen LogP contribution in [0.25, 0.3) is 5.01 Å². The molecule has 0 aliphatic carbocycles. The van der Waals surface area contributed by atoms with Gasteiger partial charge in [-0.1, -0.05) is 0 Å². The summed E-state index contributed by atoms with van der Waals surface area (Å²) in [5.41, 5.74) is 1.19. The van der Waals surface area contributed by atoms with Gasteiger partial charge < -0.3 is 5.21 Å². The third-order valence-electron chi connectivity index (χ3n) is 0.982. The Bertz CT molecular complexity index is 283. The Morgan fingerprint density at radius 1 is 1.36 bits per heavy atom. The Kier molecular flexibility index (Phi) is 4.27. The summed E-state index contributed by atoms with van der Waals surface area (Å²) in [7, 11) is 0. The van der Waals surface area contributed by atoms with Gasteiger partial charge in [0.05, 0.1) is 11.6 Å². The van der Waals surface area contributed by atoms with Crippen molar-refractivity contribution in [2.24, 2.45) is 0 Å². The van der Waals surface area contributed by atoms with Gasteiger partial charge in [-0.3, -0.25) is 0 Å². The summed E-state index contributed by atoms with van der Waals surface area (Å²) in [5.74, 6) is 0. The van der Waals surface area contributed by atoms with E-state index < -0.39 is 0 Å². The van der Waals surface area contributed by atoms with Crippen LogP contribution in [-0.4, -0.2) is 0 Å². The van der Waals surface area contributed by atoms with E-state index in [-0.39, 0.29) is 0 Å². The number of hydrogen-bond donors (Lipinski definition) is 0. The Balaban J connectivity index is 4.33. The van der Waals surface area contributed by atoms with Gasteiger partial charge in [-0.2, -0.15) is 5.26 Å². The van der Waals surface area contributed by atoms with Crippen LogP contribution in [0.4, 0.5) is 0 Å². The van der Waals surface area contributed by atoms with Gasteiger partial charge in [-0.25, -0.2) is 0 Å². The fraction of sp³-hybridized carbons (Fsp3) is 0.250. The van der Waals surface area contributed by atoms with Crippen LogP contribution < -0.4 is 0 Å². The highest BCUT2D eigenvalue weighted by Gasteiger charge is 1.86. The maximum atomic E-state index is 9.64. The molecule has 0 aliphatic rings. The number of hydrogen-bond acceptors (Lipinski definition) is 2. The molecule has 0 aromatic carbocycles. The van der Waals surface area contributed by atoms with Gasteiger partial charge in [0.25, 0.3) is 0 Å². The Morgan fingerprint density at radius 2 is 1.91 bits per heavy atom. The van der Waals surface area contributed by atoms with E-state index in [1.165, 1.54) is 0 Å². The van der Waals surface area contributed by atoms with Crippen LogP contribution in [0.2, 0.25) is 0 Å². The average molecular weight is 148 g/mol. The summed E-state index contributed by atoms with van der Waals surface area (Å²) >= 11 is 0. The molecule has 0 aromatic rings. The Labute approximate surface area is 65.7 Å². The molecule has 0 unspecified atom stereocenters. The summed E-state index contributed by atoms with van der Waals surface area (Å²) in [6, 6.07) is 4.14. The molecular formula is C8H8N2O. The van der Waals surface area contributed by atoms with Crippen LogP contribution in [0.1, 0.15) is 13.8 Å². The molecule has 11 heavy (non-hydrogen) atoms. The van der Waals surface area contributed by atoms with Crippen LogP contribution in [0.5, 0.6) is 0 Å². The minimum atomic E-state index is 0.581. The van der Waals surface area contributed by atoms with Crippen molar-refractivity contribution < 1.29 is 0 Å². The predicted molar refractivity (Wildman–Crippen MR) is 43.7 cm³/mol. The van der Waals surface area contributed by atoms with E-state index in [1.807, 2.05) is 6.07 Å². The first-order chi connectivity index (χ1) is 5.20. The highest BCUT2D eigenvalue weighted by atomic mass is 16.4. The highest BCUT2D eigenvalue weighted by Crippen LogP contribution is 1.94. The molecule has 0 aliphatic heterocycles. The Morgan fingerprint density at radius 3 is 2.36 bits per heavy atom. The zero-order valence-corrected chi connectivity index (χ0v) is 6.46. The van der Waals surface area contributed by atoms with Crippen molar-refractivity contribution in [1.29, 1.82) is 5.26 Å². The normalized spacial score (nSPS) is 11.4. The fourth-order valence-electron chi connectivity index (χ4n) is 0.397. The van der Waals surface area contributed by atoms with Crippen LogP contribution in [0, 0.1) is 22.6 Å². The zero-order chi connectivity index (χ0) is 8.69. The number of nitrogens with zero attached hydrogens (tertiary/aromatic N) is 2. The molecule has 0 bridgehead atoms. The van der Waals surface area contributed by atoms with E-state index in [0.29, 0.717) is 11.1 Å². The maximum absolute atomic E-state index is 9.64. The van der Waals surface area contributed by atoms with E-state index in [2.05, 4.69) is 11.1 Å². The molecule has 56 valence electrons. The summed E-state index contributed by atoms with van der Waals surface area (Å²) in [6.07, 6.45) is 3.22. The first-order valence-corrected chi connectivity index (χ1v) is 3.04. The lowest BCUT2D eigenvalue weighted by molar-refractivity contribution is 1.44. The summed E-state index contributed by atoms with van der Waals surface area (Å²) in [4.78, 5) is 0. The summed E-state index contributed by atoms with van der Waals surface area (Å²) in [5, 5.41) is 20.4. The number of nitriles is 1.